The SMILES string of the molecule is NC(c1ccc2c(c1)OCO2)C1CNC1. The van der Waals surface area contributed by atoms with E-state index in [-0.39, 0.29) is 6.04 Å². The van der Waals surface area contributed by atoms with Crippen LogP contribution in [0.3, 0.4) is 0 Å². The first-order valence-electron chi connectivity index (χ1n) is 5.20. The van der Waals surface area contributed by atoms with Crippen LogP contribution in [0.25, 0.3) is 0 Å². The molecule has 1 saturated heterocycles. The average Bonchev–Trinajstić information content (AvgIpc) is 2.61. The van der Waals surface area contributed by atoms with Gasteiger partial charge in [0.05, 0.1) is 0 Å². The lowest BCUT2D eigenvalue weighted by Gasteiger charge is -2.32. The Morgan fingerprint density at radius 3 is 2.80 bits per heavy atom. The van der Waals surface area contributed by atoms with Crippen LogP contribution in [0.15, 0.2) is 18.2 Å². The molecule has 2 aliphatic heterocycles. The quantitative estimate of drug-likeness (QED) is 0.745. The zero-order valence-electron chi connectivity index (χ0n) is 8.40. The largest absolute Gasteiger partial charge is 0.454 e. The molecule has 1 aromatic rings. The summed E-state index contributed by atoms with van der Waals surface area (Å²) in [6, 6.07) is 6.05. The summed E-state index contributed by atoms with van der Waals surface area (Å²) in [5.74, 6) is 2.18. The van der Waals surface area contributed by atoms with E-state index in [1.165, 1.54) is 0 Å². The molecule has 0 aliphatic carbocycles. The van der Waals surface area contributed by atoms with E-state index >= 15 is 0 Å². The van der Waals surface area contributed by atoms with E-state index in [0.717, 1.165) is 30.2 Å². The highest BCUT2D eigenvalue weighted by Crippen LogP contribution is 2.35. The van der Waals surface area contributed by atoms with Crippen molar-refractivity contribution in [1.29, 1.82) is 0 Å². The van der Waals surface area contributed by atoms with Gasteiger partial charge in [0.1, 0.15) is 0 Å². The molecule has 1 fully saturated rings. The van der Waals surface area contributed by atoms with Gasteiger partial charge in [0, 0.05) is 25.0 Å². The number of nitrogens with two attached hydrogens (primary N) is 1. The van der Waals surface area contributed by atoms with Crippen LogP contribution in [0.5, 0.6) is 11.5 Å². The Morgan fingerprint density at radius 2 is 2.07 bits per heavy atom. The molecule has 15 heavy (non-hydrogen) atoms. The Morgan fingerprint density at radius 1 is 1.27 bits per heavy atom. The summed E-state index contributed by atoms with van der Waals surface area (Å²) < 4.78 is 10.6. The molecule has 4 nitrogen and oxygen atoms in total. The van der Waals surface area contributed by atoms with Gasteiger partial charge in [0.15, 0.2) is 11.5 Å². The van der Waals surface area contributed by atoms with E-state index < -0.39 is 0 Å². The van der Waals surface area contributed by atoms with E-state index in [9.17, 15) is 0 Å². The van der Waals surface area contributed by atoms with Gasteiger partial charge in [-0.2, -0.15) is 0 Å². The lowest BCUT2D eigenvalue weighted by atomic mass is 9.89. The number of hydrogen-bond donors (Lipinski definition) is 2. The van der Waals surface area contributed by atoms with Crippen molar-refractivity contribution >= 4 is 0 Å². The molecule has 0 amide bonds. The van der Waals surface area contributed by atoms with Crippen LogP contribution in [0.4, 0.5) is 0 Å². The number of hydrogen-bond acceptors (Lipinski definition) is 4. The van der Waals surface area contributed by atoms with Crippen LogP contribution in [0, 0.1) is 5.92 Å². The maximum absolute atomic E-state index is 6.16. The fourth-order valence-corrected chi connectivity index (χ4v) is 1.96. The molecule has 0 saturated carbocycles. The zero-order chi connectivity index (χ0) is 10.3. The summed E-state index contributed by atoms with van der Waals surface area (Å²) in [7, 11) is 0. The number of rotatable bonds is 2. The van der Waals surface area contributed by atoms with Crippen LogP contribution < -0.4 is 20.5 Å². The number of ether oxygens (including phenoxy) is 2. The molecular formula is C11H14N2O2. The predicted molar refractivity (Wildman–Crippen MR) is 55.9 cm³/mol. The third kappa shape index (κ3) is 1.46. The number of nitrogens with one attached hydrogen (secondary N) is 1. The van der Waals surface area contributed by atoms with Crippen LogP contribution in [-0.4, -0.2) is 19.9 Å². The smallest absolute Gasteiger partial charge is 0.231 e. The van der Waals surface area contributed by atoms with Gasteiger partial charge in [0.2, 0.25) is 6.79 Å². The molecule has 3 N–H and O–H groups in total. The first-order valence-corrected chi connectivity index (χ1v) is 5.20. The molecule has 2 heterocycles. The topological polar surface area (TPSA) is 56.5 Å². The monoisotopic (exact) mass is 206 g/mol. The highest BCUT2D eigenvalue weighted by molar-refractivity contribution is 5.45. The molecule has 2 aliphatic rings. The third-order valence-electron chi connectivity index (χ3n) is 3.10. The van der Waals surface area contributed by atoms with E-state index in [2.05, 4.69) is 5.32 Å². The van der Waals surface area contributed by atoms with E-state index in [1.807, 2.05) is 18.2 Å². The van der Waals surface area contributed by atoms with Crippen molar-refractivity contribution in [1.82, 2.24) is 5.32 Å². The highest BCUT2D eigenvalue weighted by atomic mass is 16.7. The lowest BCUT2D eigenvalue weighted by molar-refractivity contribution is 0.174. The van der Waals surface area contributed by atoms with Gasteiger partial charge >= 0.3 is 0 Å². The standard InChI is InChI=1S/C11H14N2O2/c12-11(8-4-13-5-8)7-1-2-9-10(3-7)15-6-14-9/h1-3,8,11,13H,4-6,12H2. The summed E-state index contributed by atoms with van der Waals surface area (Å²) >= 11 is 0. The second-order valence-corrected chi connectivity index (χ2v) is 4.06. The summed E-state index contributed by atoms with van der Waals surface area (Å²) in [6.07, 6.45) is 0. The molecule has 1 atom stereocenters. The molecule has 3 rings (SSSR count). The molecule has 0 bridgehead atoms. The maximum atomic E-state index is 6.16. The van der Waals surface area contributed by atoms with E-state index in [0.29, 0.717) is 12.7 Å². The van der Waals surface area contributed by atoms with Crippen molar-refractivity contribution < 1.29 is 9.47 Å². The Balaban J connectivity index is 1.85. The minimum Gasteiger partial charge on any atom is -0.454 e. The minimum atomic E-state index is 0.0979. The minimum absolute atomic E-state index is 0.0979. The third-order valence-corrected chi connectivity index (χ3v) is 3.10. The van der Waals surface area contributed by atoms with E-state index in [1.54, 1.807) is 0 Å². The molecule has 4 heteroatoms. The fourth-order valence-electron chi connectivity index (χ4n) is 1.96. The highest BCUT2D eigenvalue weighted by Gasteiger charge is 2.26. The van der Waals surface area contributed by atoms with Crippen molar-refractivity contribution in [3.8, 4) is 11.5 Å². The summed E-state index contributed by atoms with van der Waals surface area (Å²) in [5, 5.41) is 3.23. The van der Waals surface area contributed by atoms with Crippen LogP contribution in [0.2, 0.25) is 0 Å². The zero-order valence-corrected chi connectivity index (χ0v) is 8.40. The van der Waals surface area contributed by atoms with Gasteiger partial charge in [-0.15, -0.1) is 0 Å². The Labute approximate surface area is 88.4 Å². The Hall–Kier alpha value is -1.26. The summed E-state index contributed by atoms with van der Waals surface area (Å²) in [4.78, 5) is 0. The normalized spacial score (nSPS) is 21.1. The summed E-state index contributed by atoms with van der Waals surface area (Å²) in [6.45, 7) is 2.34. The molecule has 1 unspecified atom stereocenters. The van der Waals surface area contributed by atoms with Crippen molar-refractivity contribution in [3.63, 3.8) is 0 Å². The maximum Gasteiger partial charge on any atom is 0.231 e. The van der Waals surface area contributed by atoms with Crippen molar-refractivity contribution in [2.75, 3.05) is 19.9 Å². The Kier molecular flexibility index (Phi) is 2.04. The molecule has 0 spiro atoms. The van der Waals surface area contributed by atoms with Crippen LogP contribution in [0.1, 0.15) is 11.6 Å². The van der Waals surface area contributed by atoms with Gasteiger partial charge in [-0.3, -0.25) is 0 Å². The summed E-state index contributed by atoms with van der Waals surface area (Å²) in [5.41, 5.74) is 7.29. The van der Waals surface area contributed by atoms with Gasteiger partial charge < -0.3 is 20.5 Å². The Bertz CT molecular complexity index is 377. The van der Waals surface area contributed by atoms with Crippen molar-refractivity contribution in [2.24, 2.45) is 11.7 Å². The molecular weight excluding hydrogens is 192 g/mol. The van der Waals surface area contributed by atoms with Gasteiger partial charge in [-0.05, 0) is 17.7 Å². The first kappa shape index (κ1) is 9.00. The van der Waals surface area contributed by atoms with Gasteiger partial charge in [-0.25, -0.2) is 0 Å². The molecule has 0 radical (unpaired) electrons. The molecule has 80 valence electrons. The molecule has 0 aromatic heterocycles. The number of benzene rings is 1. The van der Waals surface area contributed by atoms with Crippen molar-refractivity contribution in [3.05, 3.63) is 23.8 Å². The molecule has 1 aromatic carbocycles. The van der Waals surface area contributed by atoms with Crippen LogP contribution in [-0.2, 0) is 0 Å². The van der Waals surface area contributed by atoms with Gasteiger partial charge in [-0.1, -0.05) is 6.07 Å². The lowest BCUT2D eigenvalue weighted by Crippen LogP contribution is -2.47. The van der Waals surface area contributed by atoms with Gasteiger partial charge in [0.25, 0.3) is 0 Å². The average molecular weight is 206 g/mol. The second kappa shape index (κ2) is 3.40. The fraction of sp³-hybridized carbons (Fsp3) is 0.455. The number of fused-ring (bicyclic) bond motifs is 1. The van der Waals surface area contributed by atoms with Crippen molar-refractivity contribution in [2.45, 2.75) is 6.04 Å². The second-order valence-electron chi connectivity index (χ2n) is 4.06. The first-order chi connectivity index (χ1) is 7.34. The van der Waals surface area contributed by atoms with Crippen LogP contribution >= 0.6 is 0 Å². The van der Waals surface area contributed by atoms with E-state index in [4.69, 9.17) is 15.2 Å². The predicted octanol–water partition coefficient (Wildman–Crippen LogP) is 0.634.